The highest BCUT2D eigenvalue weighted by Crippen LogP contribution is 2.24. The van der Waals surface area contributed by atoms with Gasteiger partial charge in [-0.05, 0) is 6.07 Å². The number of aliphatic hydroxyl groups is 3. The summed E-state index contributed by atoms with van der Waals surface area (Å²) < 4.78 is 4.48. The van der Waals surface area contributed by atoms with Crippen LogP contribution < -0.4 is 0 Å². The lowest BCUT2D eigenvalue weighted by molar-refractivity contribution is -0.0154. The third-order valence-corrected chi connectivity index (χ3v) is 2.47. The highest BCUT2D eigenvalue weighted by molar-refractivity contribution is 6.30. The molecule has 94 valence electrons. The van der Waals surface area contributed by atoms with Crippen LogP contribution in [0.25, 0.3) is 0 Å². The number of halogens is 1. The summed E-state index contributed by atoms with van der Waals surface area (Å²) in [5.74, 6) is -0.638. The minimum Gasteiger partial charge on any atom is -0.465 e. The lowest BCUT2D eigenvalue weighted by atomic mass is 10.1. The van der Waals surface area contributed by atoms with Gasteiger partial charge in [0.05, 0.1) is 19.3 Å². The first-order chi connectivity index (χ1) is 8.01. The zero-order valence-electron chi connectivity index (χ0n) is 9.00. The van der Waals surface area contributed by atoms with Crippen LogP contribution in [0.5, 0.6) is 0 Å². The Bertz CT molecular complexity index is 412. The predicted molar refractivity (Wildman–Crippen MR) is 58.6 cm³/mol. The Kier molecular flexibility index (Phi) is 4.83. The number of aliphatic hydroxyl groups excluding tert-OH is 3. The second-order valence-corrected chi connectivity index (χ2v) is 3.65. The molecule has 7 heteroatoms. The molecular formula is C10H12ClNO5. The van der Waals surface area contributed by atoms with Gasteiger partial charge in [-0.15, -0.1) is 0 Å². The van der Waals surface area contributed by atoms with E-state index in [-0.39, 0.29) is 16.3 Å². The molecule has 1 rings (SSSR count). The van der Waals surface area contributed by atoms with Crippen molar-refractivity contribution in [2.45, 2.75) is 12.2 Å². The van der Waals surface area contributed by atoms with E-state index in [1.165, 1.54) is 19.4 Å². The number of nitrogens with zero attached hydrogens (tertiary/aromatic N) is 1. The number of hydrogen-bond acceptors (Lipinski definition) is 6. The summed E-state index contributed by atoms with van der Waals surface area (Å²) in [7, 11) is 1.20. The van der Waals surface area contributed by atoms with E-state index in [0.29, 0.717) is 0 Å². The van der Waals surface area contributed by atoms with Crippen LogP contribution in [-0.4, -0.2) is 46.1 Å². The number of rotatable bonds is 4. The van der Waals surface area contributed by atoms with Crippen LogP contribution in [0.1, 0.15) is 22.0 Å². The second-order valence-electron chi connectivity index (χ2n) is 3.29. The van der Waals surface area contributed by atoms with E-state index in [1.807, 2.05) is 0 Å². The molecular weight excluding hydrogens is 250 g/mol. The quantitative estimate of drug-likeness (QED) is 0.517. The summed E-state index contributed by atoms with van der Waals surface area (Å²) in [6, 6.07) is 1.25. The summed E-state index contributed by atoms with van der Waals surface area (Å²) in [5, 5.41) is 27.6. The molecule has 0 fully saturated rings. The summed E-state index contributed by atoms with van der Waals surface area (Å²) in [4.78, 5) is 14.9. The summed E-state index contributed by atoms with van der Waals surface area (Å²) >= 11 is 5.72. The molecule has 0 aliphatic carbocycles. The first-order valence-electron chi connectivity index (χ1n) is 4.72. The van der Waals surface area contributed by atoms with E-state index in [2.05, 4.69) is 9.72 Å². The number of aromatic nitrogens is 1. The first kappa shape index (κ1) is 13.9. The molecule has 0 saturated heterocycles. The maximum absolute atomic E-state index is 11.2. The molecule has 0 aromatic carbocycles. The standard InChI is InChI=1S/C10H12ClNO5/c1-17-10(16)5-2-6(9(11)12-3-5)8(15)7(14)4-13/h2-3,7-8,13-15H,4H2,1H3. The number of esters is 1. The van der Waals surface area contributed by atoms with E-state index in [1.54, 1.807) is 0 Å². The molecule has 0 spiro atoms. The Balaban J connectivity index is 3.10. The topological polar surface area (TPSA) is 99.9 Å². The van der Waals surface area contributed by atoms with E-state index >= 15 is 0 Å². The molecule has 17 heavy (non-hydrogen) atoms. The van der Waals surface area contributed by atoms with Gasteiger partial charge in [0, 0.05) is 11.8 Å². The highest BCUT2D eigenvalue weighted by Gasteiger charge is 2.22. The summed E-state index contributed by atoms with van der Waals surface area (Å²) in [6.07, 6.45) is -1.64. The second kappa shape index (κ2) is 5.92. The predicted octanol–water partition coefficient (Wildman–Crippen LogP) is -0.0918. The van der Waals surface area contributed by atoms with Crippen LogP contribution in [-0.2, 0) is 4.74 Å². The molecule has 0 aliphatic rings. The van der Waals surface area contributed by atoms with E-state index in [4.69, 9.17) is 16.7 Å². The van der Waals surface area contributed by atoms with Crippen molar-refractivity contribution in [1.29, 1.82) is 0 Å². The number of methoxy groups -OCH3 is 1. The van der Waals surface area contributed by atoms with Crippen molar-refractivity contribution in [1.82, 2.24) is 4.98 Å². The largest absolute Gasteiger partial charge is 0.465 e. The molecule has 6 nitrogen and oxygen atoms in total. The van der Waals surface area contributed by atoms with Gasteiger partial charge >= 0.3 is 5.97 Å². The van der Waals surface area contributed by atoms with Crippen molar-refractivity contribution < 1.29 is 24.9 Å². The fourth-order valence-corrected chi connectivity index (χ4v) is 1.42. The van der Waals surface area contributed by atoms with E-state index in [0.717, 1.165) is 0 Å². The zero-order chi connectivity index (χ0) is 13.0. The average Bonchev–Trinajstić information content (AvgIpc) is 2.36. The Morgan fingerprint density at radius 3 is 2.76 bits per heavy atom. The summed E-state index contributed by atoms with van der Waals surface area (Å²) in [6.45, 7) is -0.639. The molecule has 1 aromatic heterocycles. The van der Waals surface area contributed by atoms with Crippen molar-refractivity contribution in [2.24, 2.45) is 0 Å². The fraction of sp³-hybridized carbons (Fsp3) is 0.400. The molecule has 3 N–H and O–H groups in total. The van der Waals surface area contributed by atoms with Crippen LogP contribution >= 0.6 is 11.6 Å². The van der Waals surface area contributed by atoms with Crippen molar-refractivity contribution >= 4 is 17.6 Å². The molecule has 2 unspecified atom stereocenters. The van der Waals surface area contributed by atoms with E-state index in [9.17, 15) is 15.0 Å². The van der Waals surface area contributed by atoms with Gasteiger partial charge in [0.25, 0.3) is 0 Å². The van der Waals surface area contributed by atoms with Crippen LogP contribution in [0, 0.1) is 0 Å². The number of pyridine rings is 1. The summed E-state index contributed by atoms with van der Waals surface area (Å²) in [5.41, 5.74) is 0.146. The van der Waals surface area contributed by atoms with Crippen molar-refractivity contribution in [3.63, 3.8) is 0 Å². The SMILES string of the molecule is COC(=O)c1cnc(Cl)c(C(O)C(O)CO)c1. The van der Waals surface area contributed by atoms with Crippen molar-refractivity contribution in [3.05, 3.63) is 28.5 Å². The normalized spacial score (nSPS) is 14.2. The minimum absolute atomic E-state index is 0.0520. The lowest BCUT2D eigenvalue weighted by Gasteiger charge is -2.17. The highest BCUT2D eigenvalue weighted by atomic mass is 35.5. The maximum atomic E-state index is 11.2. The van der Waals surface area contributed by atoms with Crippen LogP contribution in [0.3, 0.4) is 0 Å². The van der Waals surface area contributed by atoms with Gasteiger partial charge in [0.2, 0.25) is 0 Å². The van der Waals surface area contributed by atoms with Crippen LogP contribution in [0.2, 0.25) is 5.15 Å². The van der Waals surface area contributed by atoms with E-state index < -0.39 is 24.8 Å². The molecule has 0 bridgehead atoms. The van der Waals surface area contributed by atoms with Gasteiger partial charge in [-0.2, -0.15) is 0 Å². The monoisotopic (exact) mass is 261 g/mol. The zero-order valence-corrected chi connectivity index (χ0v) is 9.76. The lowest BCUT2D eigenvalue weighted by Crippen LogP contribution is -2.23. The number of ether oxygens (including phenoxy) is 1. The maximum Gasteiger partial charge on any atom is 0.339 e. The third kappa shape index (κ3) is 3.13. The van der Waals surface area contributed by atoms with Gasteiger partial charge in [-0.25, -0.2) is 9.78 Å². The van der Waals surface area contributed by atoms with Gasteiger partial charge in [0.15, 0.2) is 0 Å². The number of carbonyl (C=O) groups excluding carboxylic acids is 1. The number of hydrogen-bond donors (Lipinski definition) is 3. The van der Waals surface area contributed by atoms with Gasteiger partial charge in [0.1, 0.15) is 17.4 Å². The molecule has 0 saturated carbocycles. The molecule has 0 radical (unpaired) electrons. The molecule has 0 aliphatic heterocycles. The Labute approximate surface area is 102 Å². The van der Waals surface area contributed by atoms with Crippen molar-refractivity contribution in [2.75, 3.05) is 13.7 Å². The van der Waals surface area contributed by atoms with Gasteiger partial charge in [-0.1, -0.05) is 11.6 Å². The number of carbonyl (C=O) groups is 1. The third-order valence-electron chi connectivity index (χ3n) is 2.16. The Hall–Kier alpha value is -1.21. The molecule has 1 heterocycles. The Morgan fingerprint density at radius 1 is 1.59 bits per heavy atom. The smallest absolute Gasteiger partial charge is 0.339 e. The van der Waals surface area contributed by atoms with Crippen molar-refractivity contribution in [3.8, 4) is 0 Å². The van der Waals surface area contributed by atoms with Crippen LogP contribution in [0.4, 0.5) is 0 Å². The van der Waals surface area contributed by atoms with Gasteiger partial charge < -0.3 is 20.1 Å². The Morgan fingerprint density at radius 2 is 2.24 bits per heavy atom. The van der Waals surface area contributed by atoms with Gasteiger partial charge in [-0.3, -0.25) is 0 Å². The van der Waals surface area contributed by atoms with Crippen LogP contribution in [0.15, 0.2) is 12.3 Å². The minimum atomic E-state index is -1.43. The molecule has 0 amide bonds. The average molecular weight is 262 g/mol. The fourth-order valence-electron chi connectivity index (χ4n) is 1.21. The molecule has 2 atom stereocenters. The first-order valence-corrected chi connectivity index (χ1v) is 5.09. The molecule has 1 aromatic rings.